The van der Waals surface area contributed by atoms with Crippen LogP contribution in [0.3, 0.4) is 0 Å². The zero-order valence-electron chi connectivity index (χ0n) is 8.71. The predicted molar refractivity (Wildman–Crippen MR) is 53.2 cm³/mol. The van der Waals surface area contributed by atoms with Crippen LogP contribution in [0.1, 0.15) is 18.5 Å². The van der Waals surface area contributed by atoms with Gasteiger partial charge in [0, 0.05) is 17.8 Å². The van der Waals surface area contributed by atoms with Crippen LogP contribution in [-0.4, -0.2) is 25.1 Å². The van der Waals surface area contributed by atoms with Crippen molar-refractivity contribution < 1.29 is 13.5 Å². The van der Waals surface area contributed by atoms with E-state index in [1.165, 1.54) is 6.20 Å². The lowest BCUT2D eigenvalue weighted by molar-refractivity contribution is 0.0788. The van der Waals surface area contributed by atoms with E-state index in [9.17, 15) is 8.78 Å². The maximum absolute atomic E-state index is 12.0. The van der Waals surface area contributed by atoms with Crippen LogP contribution in [0.25, 0.3) is 0 Å². The smallest absolute Gasteiger partial charge is 0.272 e. The summed E-state index contributed by atoms with van der Waals surface area (Å²) in [5, 5.41) is 3.00. The summed E-state index contributed by atoms with van der Waals surface area (Å²) in [6.07, 6.45) is -0.961. The maximum Gasteiger partial charge on any atom is 0.272 e. The van der Waals surface area contributed by atoms with Gasteiger partial charge in [-0.3, -0.25) is 0 Å². The van der Waals surface area contributed by atoms with Gasteiger partial charge < -0.3 is 10.1 Å². The number of nitrogens with one attached hydrogen (secondary N) is 1. The highest BCUT2D eigenvalue weighted by molar-refractivity contribution is 5.28. The fourth-order valence-corrected chi connectivity index (χ4v) is 1.15. The highest BCUT2D eigenvalue weighted by atomic mass is 19.3. The topological polar surface area (TPSA) is 34.2 Å². The van der Waals surface area contributed by atoms with Crippen LogP contribution in [0.15, 0.2) is 18.3 Å². The third-order valence-corrected chi connectivity index (χ3v) is 2.05. The zero-order valence-corrected chi connectivity index (χ0v) is 8.71. The van der Waals surface area contributed by atoms with Crippen molar-refractivity contribution >= 4 is 0 Å². The van der Waals surface area contributed by atoms with E-state index in [0.717, 1.165) is 5.56 Å². The molecule has 1 heterocycles. The molecule has 0 saturated carbocycles. The van der Waals surface area contributed by atoms with Crippen molar-refractivity contribution in [3.63, 3.8) is 0 Å². The average molecular weight is 216 g/mol. The lowest BCUT2D eigenvalue weighted by Gasteiger charge is -2.14. The number of ether oxygens (including phenoxy) is 1. The number of pyridine rings is 1. The van der Waals surface area contributed by atoms with Crippen molar-refractivity contribution in [3.05, 3.63) is 23.9 Å². The third kappa shape index (κ3) is 3.43. The summed E-state index contributed by atoms with van der Waals surface area (Å²) >= 11 is 0. The Balaban J connectivity index is 2.77. The van der Waals surface area contributed by atoms with Crippen molar-refractivity contribution in [1.82, 2.24) is 10.3 Å². The van der Waals surface area contributed by atoms with Crippen LogP contribution in [0.5, 0.6) is 5.88 Å². The number of hydrogen-bond donors (Lipinski definition) is 1. The van der Waals surface area contributed by atoms with Gasteiger partial charge in [0.25, 0.3) is 6.43 Å². The van der Waals surface area contributed by atoms with Crippen molar-refractivity contribution in [3.8, 4) is 5.88 Å². The van der Waals surface area contributed by atoms with Crippen molar-refractivity contribution in [1.29, 1.82) is 0 Å². The first kappa shape index (κ1) is 11.8. The zero-order chi connectivity index (χ0) is 11.3. The van der Waals surface area contributed by atoms with Crippen LogP contribution < -0.4 is 10.1 Å². The second kappa shape index (κ2) is 5.60. The highest BCUT2D eigenvalue weighted by Gasteiger charge is 2.12. The Morgan fingerprint density at radius 1 is 1.53 bits per heavy atom. The number of nitrogens with zero attached hydrogens (tertiary/aromatic N) is 1. The summed E-state index contributed by atoms with van der Waals surface area (Å²) in [5.41, 5.74) is 0.778. The summed E-state index contributed by atoms with van der Waals surface area (Å²) in [6, 6.07) is 3.57. The maximum atomic E-state index is 12.0. The lowest BCUT2D eigenvalue weighted by Crippen LogP contribution is -2.16. The van der Waals surface area contributed by atoms with Crippen LogP contribution in [0, 0.1) is 0 Å². The van der Waals surface area contributed by atoms with Gasteiger partial charge in [-0.15, -0.1) is 0 Å². The molecule has 0 bridgehead atoms. The molecule has 0 spiro atoms. The van der Waals surface area contributed by atoms with Crippen molar-refractivity contribution in [2.45, 2.75) is 19.4 Å². The first-order valence-corrected chi connectivity index (χ1v) is 4.68. The first-order chi connectivity index (χ1) is 7.15. The predicted octanol–water partition coefficient (Wildman–Crippen LogP) is 2.01. The van der Waals surface area contributed by atoms with E-state index in [1.807, 2.05) is 6.92 Å². The van der Waals surface area contributed by atoms with Crippen LogP contribution >= 0.6 is 0 Å². The minimum absolute atomic E-state index is 0.0198. The number of alkyl halides is 2. The molecule has 0 aliphatic rings. The number of rotatable bonds is 5. The molecule has 0 amide bonds. The van der Waals surface area contributed by atoms with Gasteiger partial charge in [-0.25, -0.2) is 13.8 Å². The standard InChI is InChI=1S/C10H14F2N2O/c1-7(13-2)8-4-3-5-14-10(8)15-6-9(11)12/h3-5,7,9,13H,6H2,1-2H3. The van der Waals surface area contributed by atoms with E-state index in [1.54, 1.807) is 19.2 Å². The van der Waals surface area contributed by atoms with Gasteiger partial charge in [-0.1, -0.05) is 6.07 Å². The molecule has 0 aromatic carbocycles. The second-order valence-electron chi connectivity index (χ2n) is 3.11. The minimum atomic E-state index is -2.48. The molecule has 1 unspecified atom stereocenters. The van der Waals surface area contributed by atoms with Crippen molar-refractivity contribution in [2.24, 2.45) is 0 Å². The summed E-state index contributed by atoms with van der Waals surface area (Å²) in [6.45, 7) is 1.28. The van der Waals surface area contributed by atoms with E-state index in [0.29, 0.717) is 0 Å². The van der Waals surface area contributed by atoms with E-state index >= 15 is 0 Å². The molecule has 0 radical (unpaired) electrons. The fraction of sp³-hybridized carbons (Fsp3) is 0.500. The normalized spacial score (nSPS) is 12.9. The molecule has 15 heavy (non-hydrogen) atoms. The van der Waals surface area contributed by atoms with Gasteiger partial charge in [0.15, 0.2) is 6.61 Å². The molecular weight excluding hydrogens is 202 g/mol. The molecule has 0 aliphatic carbocycles. The molecule has 1 rings (SSSR count). The summed E-state index contributed by atoms with van der Waals surface area (Å²) in [4.78, 5) is 3.92. The third-order valence-electron chi connectivity index (χ3n) is 2.05. The van der Waals surface area contributed by atoms with Gasteiger partial charge in [0.05, 0.1) is 0 Å². The number of aromatic nitrogens is 1. The molecule has 3 nitrogen and oxygen atoms in total. The van der Waals surface area contributed by atoms with Gasteiger partial charge in [-0.2, -0.15) is 0 Å². The summed E-state index contributed by atoms with van der Waals surface area (Å²) in [7, 11) is 1.79. The second-order valence-corrected chi connectivity index (χ2v) is 3.11. The highest BCUT2D eigenvalue weighted by Crippen LogP contribution is 2.21. The van der Waals surface area contributed by atoms with Gasteiger partial charge in [0.2, 0.25) is 5.88 Å². The van der Waals surface area contributed by atoms with Gasteiger partial charge in [-0.05, 0) is 20.0 Å². The van der Waals surface area contributed by atoms with Crippen molar-refractivity contribution in [2.75, 3.05) is 13.7 Å². The van der Waals surface area contributed by atoms with Crippen LogP contribution in [-0.2, 0) is 0 Å². The molecular formula is C10H14F2N2O. The molecule has 0 aliphatic heterocycles. The van der Waals surface area contributed by atoms with E-state index in [2.05, 4.69) is 10.3 Å². The van der Waals surface area contributed by atoms with Gasteiger partial charge >= 0.3 is 0 Å². The Labute approximate surface area is 87.5 Å². The van der Waals surface area contributed by atoms with E-state index in [4.69, 9.17) is 4.74 Å². The molecule has 1 aromatic heterocycles. The quantitative estimate of drug-likeness (QED) is 0.817. The number of halogens is 2. The molecule has 84 valence electrons. The van der Waals surface area contributed by atoms with Crippen LogP contribution in [0.2, 0.25) is 0 Å². The molecule has 0 saturated heterocycles. The summed E-state index contributed by atoms with van der Waals surface area (Å²) < 4.78 is 28.9. The lowest BCUT2D eigenvalue weighted by atomic mass is 10.1. The Bertz CT molecular complexity index is 307. The molecule has 5 heteroatoms. The Morgan fingerprint density at radius 2 is 2.27 bits per heavy atom. The van der Waals surface area contributed by atoms with Crippen LogP contribution in [0.4, 0.5) is 8.78 Å². The molecule has 1 atom stereocenters. The number of hydrogen-bond acceptors (Lipinski definition) is 3. The Morgan fingerprint density at radius 3 is 2.87 bits per heavy atom. The first-order valence-electron chi connectivity index (χ1n) is 4.68. The SMILES string of the molecule is CNC(C)c1cccnc1OCC(F)F. The average Bonchev–Trinajstić information content (AvgIpc) is 2.25. The molecule has 1 aromatic rings. The fourth-order valence-electron chi connectivity index (χ4n) is 1.15. The summed E-state index contributed by atoms with van der Waals surface area (Å²) in [5.74, 6) is 0.264. The Hall–Kier alpha value is -1.23. The molecule has 1 N–H and O–H groups in total. The monoisotopic (exact) mass is 216 g/mol. The van der Waals surface area contributed by atoms with Gasteiger partial charge in [0.1, 0.15) is 0 Å². The minimum Gasteiger partial charge on any atom is -0.471 e. The largest absolute Gasteiger partial charge is 0.471 e. The molecule has 0 fully saturated rings. The van der Waals surface area contributed by atoms with E-state index < -0.39 is 13.0 Å². The van der Waals surface area contributed by atoms with E-state index in [-0.39, 0.29) is 11.9 Å². The Kier molecular flexibility index (Phi) is 4.42.